The quantitative estimate of drug-likeness (QED) is 0.680. The molecule has 0 saturated heterocycles. The highest BCUT2D eigenvalue weighted by Crippen LogP contribution is 2.38. The zero-order valence-corrected chi connectivity index (χ0v) is 7.91. The van der Waals surface area contributed by atoms with Crippen molar-refractivity contribution in [2.45, 2.75) is 19.5 Å². The molecular formula is C9H6F6O. The highest BCUT2D eigenvalue weighted by atomic mass is 19.4. The summed E-state index contributed by atoms with van der Waals surface area (Å²) >= 11 is 0. The molecule has 0 heterocycles. The lowest BCUT2D eigenvalue weighted by molar-refractivity contribution is -0.276. The number of halogens is 6. The van der Waals surface area contributed by atoms with E-state index in [-0.39, 0.29) is 5.56 Å². The lowest BCUT2D eigenvalue weighted by atomic mass is 10.1. The Bertz CT molecular complexity index is 379. The van der Waals surface area contributed by atoms with Gasteiger partial charge in [0.25, 0.3) is 0 Å². The molecule has 1 aromatic rings. The van der Waals surface area contributed by atoms with E-state index in [1.807, 2.05) is 0 Å². The first-order valence-corrected chi connectivity index (χ1v) is 4.03. The zero-order valence-electron chi connectivity index (χ0n) is 7.91. The first-order valence-electron chi connectivity index (χ1n) is 4.03. The molecule has 1 nitrogen and oxygen atoms in total. The fourth-order valence-electron chi connectivity index (χ4n) is 1.07. The van der Waals surface area contributed by atoms with Crippen LogP contribution < -0.4 is 4.74 Å². The third-order valence-corrected chi connectivity index (χ3v) is 1.67. The molecule has 0 radical (unpaired) electrons. The van der Waals surface area contributed by atoms with Crippen LogP contribution in [0.4, 0.5) is 26.3 Å². The molecular weight excluding hydrogens is 238 g/mol. The standard InChI is InChI=1S/C9H6F6O/c1-5-2-3-6(8(10,11)12)7(4-5)16-9(13,14)15/h2-4H,1H3. The van der Waals surface area contributed by atoms with Gasteiger partial charge in [0.2, 0.25) is 0 Å². The second-order valence-electron chi connectivity index (χ2n) is 3.05. The van der Waals surface area contributed by atoms with Crippen molar-refractivity contribution in [3.63, 3.8) is 0 Å². The summed E-state index contributed by atoms with van der Waals surface area (Å²) in [4.78, 5) is 0. The summed E-state index contributed by atoms with van der Waals surface area (Å²) in [5.41, 5.74) is -1.21. The van der Waals surface area contributed by atoms with Crippen LogP contribution in [-0.2, 0) is 6.18 Å². The maximum atomic E-state index is 12.3. The maximum absolute atomic E-state index is 12.3. The molecule has 90 valence electrons. The lowest BCUT2D eigenvalue weighted by Gasteiger charge is -2.15. The van der Waals surface area contributed by atoms with Crippen LogP contribution in [0.25, 0.3) is 0 Å². The molecule has 0 aliphatic carbocycles. The normalized spacial score (nSPS) is 12.7. The predicted molar refractivity (Wildman–Crippen MR) is 42.9 cm³/mol. The Morgan fingerprint density at radius 3 is 2.00 bits per heavy atom. The van der Waals surface area contributed by atoms with Gasteiger partial charge in [0, 0.05) is 0 Å². The summed E-state index contributed by atoms with van der Waals surface area (Å²) in [5, 5.41) is 0. The molecule has 0 aliphatic rings. The van der Waals surface area contributed by atoms with Gasteiger partial charge in [0.15, 0.2) is 0 Å². The van der Waals surface area contributed by atoms with Crippen molar-refractivity contribution in [3.8, 4) is 5.75 Å². The van der Waals surface area contributed by atoms with Gasteiger partial charge in [-0.2, -0.15) is 13.2 Å². The van der Waals surface area contributed by atoms with Crippen LogP contribution in [0.15, 0.2) is 18.2 Å². The van der Waals surface area contributed by atoms with Crippen molar-refractivity contribution in [2.75, 3.05) is 0 Å². The van der Waals surface area contributed by atoms with E-state index in [9.17, 15) is 26.3 Å². The number of ether oxygens (including phenoxy) is 1. The fourth-order valence-corrected chi connectivity index (χ4v) is 1.07. The van der Waals surface area contributed by atoms with Gasteiger partial charge in [0.05, 0.1) is 5.56 Å². The van der Waals surface area contributed by atoms with Crippen LogP contribution in [0.2, 0.25) is 0 Å². The van der Waals surface area contributed by atoms with Crippen LogP contribution in [-0.4, -0.2) is 6.36 Å². The fraction of sp³-hybridized carbons (Fsp3) is 0.333. The summed E-state index contributed by atoms with van der Waals surface area (Å²) in [7, 11) is 0. The third kappa shape index (κ3) is 3.32. The van der Waals surface area contributed by atoms with E-state index in [1.54, 1.807) is 0 Å². The van der Waals surface area contributed by atoms with E-state index >= 15 is 0 Å². The van der Waals surface area contributed by atoms with Crippen molar-refractivity contribution in [2.24, 2.45) is 0 Å². The molecule has 7 heteroatoms. The lowest BCUT2D eigenvalue weighted by Crippen LogP contribution is -2.20. The Balaban J connectivity index is 3.19. The van der Waals surface area contributed by atoms with E-state index in [1.165, 1.54) is 6.92 Å². The van der Waals surface area contributed by atoms with E-state index in [4.69, 9.17) is 0 Å². The van der Waals surface area contributed by atoms with Crippen molar-refractivity contribution in [1.29, 1.82) is 0 Å². The van der Waals surface area contributed by atoms with Gasteiger partial charge in [-0.1, -0.05) is 6.07 Å². The molecule has 0 unspecified atom stereocenters. The molecule has 0 spiro atoms. The van der Waals surface area contributed by atoms with Gasteiger partial charge in [-0.3, -0.25) is 0 Å². The van der Waals surface area contributed by atoms with Crippen molar-refractivity contribution in [3.05, 3.63) is 29.3 Å². The topological polar surface area (TPSA) is 9.23 Å². The van der Waals surface area contributed by atoms with E-state index in [0.29, 0.717) is 12.1 Å². The van der Waals surface area contributed by atoms with Crippen LogP contribution >= 0.6 is 0 Å². The van der Waals surface area contributed by atoms with Gasteiger partial charge in [0.1, 0.15) is 5.75 Å². The first-order chi connectivity index (χ1) is 7.09. The smallest absolute Gasteiger partial charge is 0.405 e. The molecule has 0 aromatic heterocycles. The molecule has 0 bridgehead atoms. The summed E-state index contributed by atoms with van der Waals surface area (Å²) in [5.74, 6) is -1.24. The Morgan fingerprint density at radius 2 is 1.56 bits per heavy atom. The SMILES string of the molecule is Cc1ccc(C(F)(F)F)c(OC(F)(F)F)c1. The molecule has 1 aromatic carbocycles. The number of alkyl halides is 6. The predicted octanol–water partition coefficient (Wildman–Crippen LogP) is 3.91. The minimum atomic E-state index is -5.15. The highest BCUT2D eigenvalue weighted by molar-refractivity contribution is 5.39. The summed E-state index contributed by atoms with van der Waals surface area (Å²) < 4.78 is 75.8. The van der Waals surface area contributed by atoms with Crippen LogP contribution in [0, 0.1) is 6.92 Å². The number of hydrogen-bond acceptors (Lipinski definition) is 1. The zero-order chi connectivity index (χ0) is 12.6. The monoisotopic (exact) mass is 244 g/mol. The molecule has 0 aliphatic heterocycles. The Labute approximate surface area is 86.6 Å². The average Bonchev–Trinajstić information content (AvgIpc) is 1.97. The van der Waals surface area contributed by atoms with Gasteiger partial charge in [-0.25, -0.2) is 0 Å². The average molecular weight is 244 g/mol. The third-order valence-electron chi connectivity index (χ3n) is 1.67. The van der Waals surface area contributed by atoms with Crippen LogP contribution in [0.3, 0.4) is 0 Å². The molecule has 0 fully saturated rings. The Morgan fingerprint density at radius 1 is 1.00 bits per heavy atom. The molecule has 0 atom stereocenters. The second kappa shape index (κ2) is 3.88. The Hall–Kier alpha value is -1.40. The highest BCUT2D eigenvalue weighted by Gasteiger charge is 2.39. The van der Waals surface area contributed by atoms with Gasteiger partial charge in [-0.15, -0.1) is 13.2 Å². The van der Waals surface area contributed by atoms with Crippen LogP contribution in [0.5, 0.6) is 5.75 Å². The molecule has 0 saturated carbocycles. The van der Waals surface area contributed by atoms with Crippen molar-refractivity contribution in [1.82, 2.24) is 0 Å². The van der Waals surface area contributed by atoms with Crippen molar-refractivity contribution < 1.29 is 31.1 Å². The molecule has 0 N–H and O–H groups in total. The van der Waals surface area contributed by atoms with E-state index in [2.05, 4.69) is 4.74 Å². The largest absolute Gasteiger partial charge is 0.573 e. The first kappa shape index (κ1) is 12.7. The van der Waals surface area contributed by atoms with Crippen LogP contribution in [0.1, 0.15) is 11.1 Å². The van der Waals surface area contributed by atoms with Gasteiger partial charge >= 0.3 is 12.5 Å². The van der Waals surface area contributed by atoms with Crippen molar-refractivity contribution >= 4 is 0 Å². The van der Waals surface area contributed by atoms with Gasteiger partial charge in [-0.05, 0) is 24.6 Å². The van der Waals surface area contributed by atoms with E-state index in [0.717, 1.165) is 6.07 Å². The number of benzene rings is 1. The second-order valence-corrected chi connectivity index (χ2v) is 3.05. The van der Waals surface area contributed by atoms with Gasteiger partial charge < -0.3 is 4.74 Å². The molecule has 1 rings (SSSR count). The minimum absolute atomic E-state index is 0.243. The molecule has 0 amide bonds. The van der Waals surface area contributed by atoms with E-state index < -0.39 is 23.9 Å². The Kier molecular flexibility index (Phi) is 3.07. The minimum Gasteiger partial charge on any atom is -0.405 e. The summed E-state index contributed by atoms with van der Waals surface area (Å²) in [6, 6.07) is 2.30. The number of rotatable bonds is 1. The number of aryl methyl sites for hydroxylation is 1. The number of hydrogen-bond donors (Lipinski definition) is 0. The summed E-state index contributed by atoms with van der Waals surface area (Å²) in [6.07, 6.45) is -10.0. The summed E-state index contributed by atoms with van der Waals surface area (Å²) in [6.45, 7) is 1.36. The maximum Gasteiger partial charge on any atom is 0.573 e. The molecule has 16 heavy (non-hydrogen) atoms.